The molecule has 3 heteroatoms. The molecule has 0 saturated heterocycles. The van der Waals surface area contributed by atoms with Crippen molar-refractivity contribution in [2.75, 3.05) is 0 Å². The maximum Gasteiger partial charge on any atom is 0.309 e. The molecule has 5 fully saturated rings. The monoisotopic (exact) mass is 458 g/mol. The van der Waals surface area contributed by atoms with Crippen molar-refractivity contribution in [3.63, 3.8) is 0 Å². The third-order valence-corrected chi connectivity index (χ3v) is 14.0. The smallest absolute Gasteiger partial charge is 0.309 e. The van der Waals surface area contributed by atoms with Crippen molar-refractivity contribution in [2.45, 2.75) is 125 Å². The van der Waals surface area contributed by atoms with Crippen LogP contribution in [0.4, 0.5) is 0 Å². The molecule has 188 valence electrons. The van der Waals surface area contributed by atoms with Crippen LogP contribution < -0.4 is 0 Å². The number of carboxylic acids is 1. The number of carboxylic acid groups (broad SMARTS) is 1. The number of rotatable bonds is 1. The van der Waals surface area contributed by atoms with Crippen LogP contribution in [0.1, 0.15) is 119 Å². The Morgan fingerprint density at radius 2 is 1.27 bits per heavy atom. The van der Waals surface area contributed by atoms with E-state index in [1.807, 2.05) is 6.92 Å². The molecule has 0 aliphatic heterocycles. The number of aliphatic hydroxyl groups excluding tert-OH is 1. The van der Waals surface area contributed by atoms with Gasteiger partial charge in [0.15, 0.2) is 0 Å². The first-order chi connectivity index (χ1) is 15.1. The summed E-state index contributed by atoms with van der Waals surface area (Å²) in [6.07, 6.45) is 12.4. The van der Waals surface area contributed by atoms with Crippen LogP contribution in [0, 0.1) is 56.2 Å². The van der Waals surface area contributed by atoms with Crippen molar-refractivity contribution in [3.8, 4) is 0 Å². The molecule has 0 bridgehead atoms. The predicted molar refractivity (Wildman–Crippen MR) is 133 cm³/mol. The first-order valence-corrected chi connectivity index (χ1v) is 14.1. The maximum atomic E-state index is 12.3. The fourth-order valence-corrected chi connectivity index (χ4v) is 11.2. The molecular weight excluding hydrogens is 408 g/mol. The van der Waals surface area contributed by atoms with Crippen LogP contribution in [0.5, 0.6) is 0 Å². The van der Waals surface area contributed by atoms with Crippen LogP contribution in [0.3, 0.4) is 0 Å². The number of hydrogen-bond acceptors (Lipinski definition) is 2. The largest absolute Gasteiger partial charge is 0.481 e. The van der Waals surface area contributed by atoms with E-state index in [0.29, 0.717) is 22.7 Å². The van der Waals surface area contributed by atoms with Gasteiger partial charge in [-0.3, -0.25) is 4.79 Å². The molecule has 0 aromatic heterocycles. The van der Waals surface area contributed by atoms with Gasteiger partial charge in [-0.25, -0.2) is 0 Å². The standard InChI is InChI=1S/C30H50O3/c1-25(2)19-8-10-21-28(5,20(19)9-11-23(25)31)15-17-30(7)22-18-27(4,24(32)33)13-12-26(22,3)14-16-29(21,30)6/h19-23,31H,8-18H2,1-7H3,(H,32,33)/t19?,20-,21+,22-,23+,26-,27-,28+,29-,30+/m1/s1. The van der Waals surface area contributed by atoms with Crippen LogP contribution in [-0.2, 0) is 4.79 Å². The molecule has 5 rings (SSSR count). The first kappa shape index (κ1) is 24.1. The fourth-order valence-electron chi connectivity index (χ4n) is 11.2. The Morgan fingerprint density at radius 3 is 1.94 bits per heavy atom. The van der Waals surface area contributed by atoms with Crippen LogP contribution in [0.2, 0.25) is 0 Å². The van der Waals surface area contributed by atoms with Crippen molar-refractivity contribution < 1.29 is 15.0 Å². The zero-order valence-electron chi connectivity index (χ0n) is 22.5. The minimum absolute atomic E-state index is 0.0242. The Hall–Kier alpha value is -0.570. The summed E-state index contributed by atoms with van der Waals surface area (Å²) in [5, 5.41) is 21.0. The van der Waals surface area contributed by atoms with E-state index in [0.717, 1.165) is 37.5 Å². The number of carbonyl (C=O) groups is 1. The van der Waals surface area contributed by atoms with Crippen LogP contribution in [0.15, 0.2) is 0 Å². The zero-order valence-corrected chi connectivity index (χ0v) is 22.5. The molecule has 0 amide bonds. The van der Waals surface area contributed by atoms with E-state index < -0.39 is 11.4 Å². The maximum absolute atomic E-state index is 12.3. The van der Waals surface area contributed by atoms with Crippen LogP contribution in [-0.4, -0.2) is 22.3 Å². The van der Waals surface area contributed by atoms with Crippen LogP contribution >= 0.6 is 0 Å². The Labute approximate surface area is 202 Å². The van der Waals surface area contributed by atoms with Crippen molar-refractivity contribution in [1.82, 2.24) is 0 Å². The lowest BCUT2D eigenvalue weighted by Gasteiger charge is -2.74. The van der Waals surface area contributed by atoms with Gasteiger partial charge in [0.25, 0.3) is 0 Å². The van der Waals surface area contributed by atoms with Crippen molar-refractivity contribution in [1.29, 1.82) is 0 Å². The summed E-state index contributed by atoms with van der Waals surface area (Å²) >= 11 is 0. The quantitative estimate of drug-likeness (QED) is 0.433. The van der Waals surface area contributed by atoms with Gasteiger partial charge in [0.05, 0.1) is 11.5 Å². The highest BCUT2D eigenvalue weighted by atomic mass is 16.4. The van der Waals surface area contributed by atoms with Gasteiger partial charge in [0.1, 0.15) is 0 Å². The first-order valence-electron chi connectivity index (χ1n) is 14.1. The lowest BCUT2D eigenvalue weighted by Crippen LogP contribution is -2.67. The highest BCUT2D eigenvalue weighted by Gasteiger charge is 2.70. The van der Waals surface area contributed by atoms with Gasteiger partial charge in [-0.1, -0.05) is 41.5 Å². The topological polar surface area (TPSA) is 57.5 Å². The molecule has 5 aliphatic rings. The summed E-state index contributed by atoms with van der Waals surface area (Å²) in [5.74, 6) is 2.00. The van der Waals surface area contributed by atoms with E-state index >= 15 is 0 Å². The highest BCUT2D eigenvalue weighted by Crippen LogP contribution is 2.77. The summed E-state index contributed by atoms with van der Waals surface area (Å²) in [7, 11) is 0. The molecule has 2 N–H and O–H groups in total. The van der Waals surface area contributed by atoms with Gasteiger partial charge in [0, 0.05) is 0 Å². The number of fused-ring (bicyclic) bond motifs is 7. The van der Waals surface area contributed by atoms with Crippen LogP contribution in [0.25, 0.3) is 0 Å². The number of aliphatic carboxylic acids is 1. The van der Waals surface area contributed by atoms with E-state index in [-0.39, 0.29) is 22.3 Å². The third kappa shape index (κ3) is 2.93. The zero-order chi connectivity index (χ0) is 24.2. The van der Waals surface area contributed by atoms with Crippen molar-refractivity contribution in [3.05, 3.63) is 0 Å². The molecular formula is C30H50O3. The van der Waals surface area contributed by atoms with Gasteiger partial charge < -0.3 is 10.2 Å². The molecule has 1 unspecified atom stereocenters. The van der Waals surface area contributed by atoms with Gasteiger partial charge in [-0.2, -0.15) is 0 Å². The van der Waals surface area contributed by atoms with E-state index in [4.69, 9.17) is 0 Å². The molecule has 5 saturated carbocycles. The molecule has 5 aliphatic carbocycles. The Bertz CT molecular complexity index is 834. The minimum atomic E-state index is -0.579. The Morgan fingerprint density at radius 1 is 0.697 bits per heavy atom. The highest BCUT2D eigenvalue weighted by molar-refractivity contribution is 5.74. The van der Waals surface area contributed by atoms with E-state index in [1.54, 1.807) is 0 Å². The molecule has 3 nitrogen and oxygen atoms in total. The van der Waals surface area contributed by atoms with Gasteiger partial charge in [-0.15, -0.1) is 0 Å². The second-order valence-corrected chi connectivity index (χ2v) is 15.4. The lowest BCUT2D eigenvalue weighted by molar-refractivity contribution is -0.256. The SMILES string of the molecule is CC1(C)C2CC[C@H]3[C@@](C)(CC[C@@]4(C)[C@@H]5C[C@](C)(C(=O)O)CC[C@]5(C)CC[C@]34C)[C@@H]2CC[C@@H]1O. The van der Waals surface area contributed by atoms with Crippen molar-refractivity contribution in [2.24, 2.45) is 56.2 Å². The summed E-state index contributed by atoms with van der Waals surface area (Å²) in [4.78, 5) is 12.3. The summed E-state index contributed by atoms with van der Waals surface area (Å²) in [6, 6.07) is 0. The summed E-state index contributed by atoms with van der Waals surface area (Å²) < 4.78 is 0. The molecule has 0 spiro atoms. The minimum Gasteiger partial charge on any atom is -0.481 e. The van der Waals surface area contributed by atoms with E-state index in [2.05, 4.69) is 41.5 Å². The molecule has 10 atom stereocenters. The van der Waals surface area contributed by atoms with E-state index in [1.165, 1.54) is 44.9 Å². The number of aliphatic hydroxyl groups is 1. The Kier molecular flexibility index (Phi) is 5.13. The van der Waals surface area contributed by atoms with Crippen molar-refractivity contribution >= 4 is 5.97 Å². The second-order valence-electron chi connectivity index (χ2n) is 15.4. The van der Waals surface area contributed by atoms with Gasteiger partial charge in [0.2, 0.25) is 0 Å². The average molecular weight is 459 g/mol. The normalized spacial score (nSPS) is 57.8. The molecule has 0 aromatic carbocycles. The Balaban J connectivity index is 1.52. The third-order valence-electron chi connectivity index (χ3n) is 14.0. The fraction of sp³-hybridized carbons (Fsp3) is 0.967. The number of hydrogen-bond donors (Lipinski definition) is 2. The predicted octanol–water partition coefficient (Wildman–Crippen LogP) is 7.31. The lowest BCUT2D eigenvalue weighted by atomic mass is 9.31. The molecule has 0 radical (unpaired) electrons. The summed E-state index contributed by atoms with van der Waals surface area (Å²) in [6.45, 7) is 17.0. The molecule has 0 heterocycles. The van der Waals surface area contributed by atoms with E-state index in [9.17, 15) is 15.0 Å². The van der Waals surface area contributed by atoms with Gasteiger partial charge in [-0.05, 0) is 128 Å². The second kappa shape index (κ2) is 7.01. The van der Waals surface area contributed by atoms with Gasteiger partial charge >= 0.3 is 5.97 Å². The molecule has 0 aromatic rings. The average Bonchev–Trinajstić information content (AvgIpc) is 2.74. The summed E-state index contributed by atoms with van der Waals surface area (Å²) in [5.41, 5.74) is 0.617. The molecule has 33 heavy (non-hydrogen) atoms.